The van der Waals surface area contributed by atoms with E-state index in [1.807, 2.05) is 0 Å². The number of hydrogen-bond donors (Lipinski definition) is 1. The summed E-state index contributed by atoms with van der Waals surface area (Å²) >= 11 is 0. The Morgan fingerprint density at radius 3 is 2.55 bits per heavy atom. The van der Waals surface area contributed by atoms with Crippen molar-refractivity contribution in [2.75, 3.05) is 11.4 Å². The standard InChI is InChI=1S/C18H30N2/c1-14(2)11-12-20(17-9-4-5-10-17)18-15(3)7-6-8-16(18)13-19/h6-8,14,17H,4-5,9-13,19H2,1-3H3. The molecule has 0 radical (unpaired) electrons. The van der Waals surface area contributed by atoms with Crippen LogP contribution in [-0.4, -0.2) is 12.6 Å². The van der Waals surface area contributed by atoms with E-state index in [2.05, 4.69) is 43.9 Å². The van der Waals surface area contributed by atoms with Gasteiger partial charge < -0.3 is 10.6 Å². The van der Waals surface area contributed by atoms with E-state index in [9.17, 15) is 0 Å². The Morgan fingerprint density at radius 1 is 1.25 bits per heavy atom. The molecule has 20 heavy (non-hydrogen) atoms. The summed E-state index contributed by atoms with van der Waals surface area (Å²) in [5.74, 6) is 0.754. The quantitative estimate of drug-likeness (QED) is 0.840. The third-order valence-electron chi connectivity index (χ3n) is 4.54. The minimum Gasteiger partial charge on any atom is -0.368 e. The van der Waals surface area contributed by atoms with Crippen molar-refractivity contribution >= 4 is 5.69 Å². The van der Waals surface area contributed by atoms with Crippen LogP contribution < -0.4 is 10.6 Å². The van der Waals surface area contributed by atoms with Gasteiger partial charge in [-0.25, -0.2) is 0 Å². The van der Waals surface area contributed by atoms with Crippen LogP contribution in [0.3, 0.4) is 0 Å². The Bertz CT molecular complexity index is 419. The van der Waals surface area contributed by atoms with Gasteiger partial charge in [0, 0.05) is 24.8 Å². The van der Waals surface area contributed by atoms with Gasteiger partial charge in [0.1, 0.15) is 0 Å². The van der Waals surface area contributed by atoms with Gasteiger partial charge >= 0.3 is 0 Å². The molecule has 1 fully saturated rings. The fraction of sp³-hybridized carbons (Fsp3) is 0.667. The molecule has 1 saturated carbocycles. The number of para-hydroxylation sites is 1. The van der Waals surface area contributed by atoms with Crippen molar-refractivity contribution in [3.05, 3.63) is 29.3 Å². The van der Waals surface area contributed by atoms with E-state index in [4.69, 9.17) is 5.73 Å². The first-order valence-corrected chi connectivity index (χ1v) is 8.18. The summed E-state index contributed by atoms with van der Waals surface area (Å²) in [5, 5.41) is 0. The highest BCUT2D eigenvalue weighted by Crippen LogP contribution is 2.33. The molecule has 112 valence electrons. The molecule has 2 rings (SSSR count). The normalized spacial score (nSPS) is 16.1. The first-order valence-electron chi connectivity index (χ1n) is 8.18. The van der Waals surface area contributed by atoms with Crippen LogP contribution in [0.4, 0.5) is 5.69 Å². The van der Waals surface area contributed by atoms with Crippen molar-refractivity contribution in [1.82, 2.24) is 0 Å². The SMILES string of the molecule is Cc1cccc(CN)c1N(CCC(C)C)C1CCCC1. The van der Waals surface area contributed by atoms with Gasteiger partial charge in [-0.3, -0.25) is 0 Å². The van der Waals surface area contributed by atoms with Crippen LogP contribution in [0.2, 0.25) is 0 Å². The molecular weight excluding hydrogens is 244 g/mol. The van der Waals surface area contributed by atoms with E-state index in [1.165, 1.54) is 55.5 Å². The van der Waals surface area contributed by atoms with Crippen LogP contribution in [0, 0.1) is 12.8 Å². The predicted octanol–water partition coefficient (Wildman–Crippen LogP) is 4.25. The van der Waals surface area contributed by atoms with Gasteiger partial charge in [-0.2, -0.15) is 0 Å². The second-order valence-electron chi connectivity index (χ2n) is 6.60. The van der Waals surface area contributed by atoms with Crippen LogP contribution >= 0.6 is 0 Å². The lowest BCUT2D eigenvalue weighted by Crippen LogP contribution is -2.36. The molecule has 0 amide bonds. The molecule has 0 spiro atoms. The Hall–Kier alpha value is -1.02. The average Bonchev–Trinajstić information content (AvgIpc) is 2.94. The number of aryl methyl sites for hydroxylation is 1. The van der Waals surface area contributed by atoms with Crippen molar-refractivity contribution in [2.45, 2.75) is 65.5 Å². The number of anilines is 1. The van der Waals surface area contributed by atoms with Crippen molar-refractivity contribution in [2.24, 2.45) is 11.7 Å². The fourth-order valence-corrected chi connectivity index (χ4v) is 3.39. The van der Waals surface area contributed by atoms with Gasteiger partial charge in [-0.05, 0) is 43.2 Å². The number of nitrogens with zero attached hydrogens (tertiary/aromatic N) is 1. The zero-order valence-electron chi connectivity index (χ0n) is 13.4. The summed E-state index contributed by atoms with van der Waals surface area (Å²) in [6, 6.07) is 7.28. The first kappa shape index (κ1) is 15.4. The van der Waals surface area contributed by atoms with Crippen LogP contribution in [0.5, 0.6) is 0 Å². The molecule has 0 aromatic heterocycles. The molecule has 2 nitrogen and oxygen atoms in total. The number of benzene rings is 1. The minimum atomic E-state index is 0.641. The second-order valence-corrected chi connectivity index (χ2v) is 6.60. The Morgan fingerprint density at radius 2 is 1.95 bits per heavy atom. The Balaban J connectivity index is 2.29. The Kier molecular flexibility index (Phi) is 5.47. The van der Waals surface area contributed by atoms with Crippen molar-refractivity contribution in [1.29, 1.82) is 0 Å². The maximum absolute atomic E-state index is 5.99. The van der Waals surface area contributed by atoms with Gasteiger partial charge in [-0.1, -0.05) is 44.9 Å². The molecule has 2 N–H and O–H groups in total. The van der Waals surface area contributed by atoms with Crippen LogP contribution in [0.1, 0.15) is 57.1 Å². The molecule has 0 heterocycles. The van der Waals surface area contributed by atoms with Crippen molar-refractivity contribution in [3.8, 4) is 0 Å². The summed E-state index contributed by atoms with van der Waals surface area (Å²) in [4.78, 5) is 2.67. The highest BCUT2D eigenvalue weighted by Gasteiger charge is 2.25. The summed E-state index contributed by atoms with van der Waals surface area (Å²) in [7, 11) is 0. The second kappa shape index (κ2) is 7.12. The molecule has 0 unspecified atom stereocenters. The van der Waals surface area contributed by atoms with E-state index < -0.39 is 0 Å². The number of rotatable bonds is 6. The third-order valence-corrected chi connectivity index (χ3v) is 4.54. The molecule has 1 aliphatic rings. The number of hydrogen-bond acceptors (Lipinski definition) is 2. The largest absolute Gasteiger partial charge is 0.368 e. The molecule has 2 heteroatoms. The molecule has 1 aromatic carbocycles. The highest BCUT2D eigenvalue weighted by molar-refractivity contribution is 5.60. The molecular formula is C18H30N2. The van der Waals surface area contributed by atoms with Crippen LogP contribution in [-0.2, 0) is 6.54 Å². The zero-order chi connectivity index (χ0) is 14.5. The van der Waals surface area contributed by atoms with E-state index in [0.717, 1.165) is 12.0 Å². The van der Waals surface area contributed by atoms with E-state index >= 15 is 0 Å². The zero-order valence-corrected chi connectivity index (χ0v) is 13.4. The van der Waals surface area contributed by atoms with Crippen LogP contribution in [0.25, 0.3) is 0 Å². The van der Waals surface area contributed by atoms with E-state index in [1.54, 1.807) is 0 Å². The lowest BCUT2D eigenvalue weighted by molar-refractivity contribution is 0.526. The lowest BCUT2D eigenvalue weighted by Gasteiger charge is -2.34. The van der Waals surface area contributed by atoms with Gasteiger partial charge in [0.05, 0.1) is 0 Å². The summed E-state index contributed by atoms with van der Waals surface area (Å²) in [6.45, 7) is 8.66. The maximum Gasteiger partial charge on any atom is 0.0443 e. The smallest absolute Gasteiger partial charge is 0.0443 e. The van der Waals surface area contributed by atoms with Gasteiger partial charge in [0.2, 0.25) is 0 Å². The maximum atomic E-state index is 5.99. The molecule has 0 aliphatic heterocycles. The lowest BCUT2D eigenvalue weighted by atomic mass is 10.0. The van der Waals surface area contributed by atoms with E-state index in [-0.39, 0.29) is 0 Å². The monoisotopic (exact) mass is 274 g/mol. The first-order chi connectivity index (χ1) is 9.63. The van der Waals surface area contributed by atoms with Gasteiger partial charge in [0.15, 0.2) is 0 Å². The summed E-state index contributed by atoms with van der Waals surface area (Å²) in [6.07, 6.45) is 6.71. The topological polar surface area (TPSA) is 29.3 Å². The molecule has 1 aliphatic carbocycles. The Labute approximate surface area is 124 Å². The minimum absolute atomic E-state index is 0.641. The van der Waals surface area contributed by atoms with Gasteiger partial charge in [0.25, 0.3) is 0 Å². The molecule has 0 bridgehead atoms. The fourth-order valence-electron chi connectivity index (χ4n) is 3.39. The summed E-state index contributed by atoms with van der Waals surface area (Å²) in [5.41, 5.74) is 10.1. The predicted molar refractivity (Wildman–Crippen MR) is 88.1 cm³/mol. The van der Waals surface area contributed by atoms with E-state index in [0.29, 0.717) is 6.54 Å². The number of nitrogens with two attached hydrogens (primary N) is 1. The van der Waals surface area contributed by atoms with Crippen molar-refractivity contribution in [3.63, 3.8) is 0 Å². The summed E-state index contributed by atoms with van der Waals surface area (Å²) < 4.78 is 0. The third kappa shape index (κ3) is 3.54. The van der Waals surface area contributed by atoms with Gasteiger partial charge in [-0.15, -0.1) is 0 Å². The molecule has 0 saturated heterocycles. The average molecular weight is 274 g/mol. The van der Waals surface area contributed by atoms with Crippen molar-refractivity contribution < 1.29 is 0 Å². The molecule has 0 atom stereocenters. The molecule has 1 aromatic rings. The van der Waals surface area contributed by atoms with Crippen LogP contribution in [0.15, 0.2) is 18.2 Å². The highest BCUT2D eigenvalue weighted by atomic mass is 15.2.